The monoisotopic (exact) mass is 212 g/mol. The van der Waals surface area contributed by atoms with Crippen molar-refractivity contribution in [3.63, 3.8) is 0 Å². The minimum atomic E-state index is 0.515. The largest absolute Gasteiger partial charge is 0.377 e. The SMILES string of the molecule is CN(CCOC1CCNCC1)C1CCC1. The van der Waals surface area contributed by atoms with E-state index >= 15 is 0 Å². The van der Waals surface area contributed by atoms with Crippen molar-refractivity contribution in [1.29, 1.82) is 0 Å². The third-order valence-corrected chi connectivity index (χ3v) is 3.78. The first-order valence-electron chi connectivity index (χ1n) is 6.39. The molecular weight excluding hydrogens is 188 g/mol. The van der Waals surface area contributed by atoms with Crippen molar-refractivity contribution >= 4 is 0 Å². The Hall–Kier alpha value is -0.120. The van der Waals surface area contributed by atoms with E-state index in [1.165, 1.54) is 32.1 Å². The number of likely N-dealkylation sites (N-methyl/N-ethyl adjacent to an activating group) is 1. The molecule has 0 unspecified atom stereocenters. The van der Waals surface area contributed by atoms with Crippen LogP contribution in [0.15, 0.2) is 0 Å². The van der Waals surface area contributed by atoms with Gasteiger partial charge < -0.3 is 15.0 Å². The predicted octanol–water partition coefficient (Wildman–Crippen LogP) is 1.24. The van der Waals surface area contributed by atoms with Gasteiger partial charge in [0.25, 0.3) is 0 Å². The van der Waals surface area contributed by atoms with E-state index in [-0.39, 0.29) is 0 Å². The average molecular weight is 212 g/mol. The van der Waals surface area contributed by atoms with Crippen molar-refractivity contribution in [2.45, 2.75) is 44.2 Å². The van der Waals surface area contributed by atoms with Crippen LogP contribution in [0.25, 0.3) is 0 Å². The van der Waals surface area contributed by atoms with E-state index in [1.807, 2.05) is 0 Å². The second kappa shape index (κ2) is 5.83. The molecule has 0 aromatic rings. The van der Waals surface area contributed by atoms with E-state index in [0.717, 1.165) is 32.3 Å². The summed E-state index contributed by atoms with van der Waals surface area (Å²) in [6.45, 7) is 4.28. The maximum atomic E-state index is 5.89. The fourth-order valence-corrected chi connectivity index (χ4v) is 2.34. The molecule has 1 heterocycles. The summed E-state index contributed by atoms with van der Waals surface area (Å²) in [5, 5.41) is 3.36. The Bertz CT molecular complexity index is 174. The molecule has 2 fully saturated rings. The molecule has 3 nitrogen and oxygen atoms in total. The van der Waals surface area contributed by atoms with E-state index in [9.17, 15) is 0 Å². The van der Waals surface area contributed by atoms with Gasteiger partial charge in [0.2, 0.25) is 0 Å². The molecule has 0 aromatic carbocycles. The highest BCUT2D eigenvalue weighted by atomic mass is 16.5. The lowest BCUT2D eigenvalue weighted by Gasteiger charge is -2.35. The van der Waals surface area contributed by atoms with Crippen LogP contribution in [-0.4, -0.2) is 50.3 Å². The number of piperidine rings is 1. The van der Waals surface area contributed by atoms with Gasteiger partial charge in [0.15, 0.2) is 0 Å². The predicted molar refractivity (Wildman–Crippen MR) is 62.1 cm³/mol. The molecule has 0 aromatic heterocycles. The van der Waals surface area contributed by atoms with Gasteiger partial charge in [0.05, 0.1) is 12.7 Å². The van der Waals surface area contributed by atoms with Crippen LogP contribution in [0.2, 0.25) is 0 Å². The van der Waals surface area contributed by atoms with Gasteiger partial charge in [-0.05, 0) is 45.8 Å². The number of nitrogens with one attached hydrogen (secondary N) is 1. The van der Waals surface area contributed by atoms with Crippen molar-refractivity contribution in [3.05, 3.63) is 0 Å². The maximum Gasteiger partial charge on any atom is 0.0600 e. The highest BCUT2D eigenvalue weighted by molar-refractivity contribution is 4.77. The molecule has 0 radical (unpaired) electrons. The van der Waals surface area contributed by atoms with Gasteiger partial charge in [-0.1, -0.05) is 6.42 Å². The Kier molecular flexibility index (Phi) is 4.42. The first kappa shape index (κ1) is 11.4. The van der Waals surface area contributed by atoms with Gasteiger partial charge in [-0.25, -0.2) is 0 Å². The first-order valence-corrected chi connectivity index (χ1v) is 6.39. The number of ether oxygens (including phenoxy) is 1. The van der Waals surface area contributed by atoms with Crippen LogP contribution in [0.4, 0.5) is 0 Å². The molecule has 1 saturated carbocycles. The van der Waals surface area contributed by atoms with Crippen molar-refractivity contribution in [3.8, 4) is 0 Å². The summed E-state index contributed by atoms with van der Waals surface area (Å²) < 4.78 is 5.89. The molecule has 88 valence electrons. The molecule has 0 atom stereocenters. The van der Waals surface area contributed by atoms with Crippen LogP contribution in [0.1, 0.15) is 32.1 Å². The van der Waals surface area contributed by atoms with Gasteiger partial charge in [-0.3, -0.25) is 0 Å². The number of hydrogen-bond donors (Lipinski definition) is 1. The zero-order valence-corrected chi connectivity index (χ0v) is 9.87. The van der Waals surface area contributed by atoms with Gasteiger partial charge in [-0.2, -0.15) is 0 Å². The fraction of sp³-hybridized carbons (Fsp3) is 1.00. The van der Waals surface area contributed by atoms with Crippen LogP contribution < -0.4 is 5.32 Å². The molecule has 2 rings (SSSR count). The lowest BCUT2D eigenvalue weighted by Crippen LogP contribution is -2.40. The zero-order valence-electron chi connectivity index (χ0n) is 9.87. The highest BCUT2D eigenvalue weighted by Gasteiger charge is 2.21. The van der Waals surface area contributed by atoms with E-state index in [1.54, 1.807) is 0 Å². The minimum absolute atomic E-state index is 0.515. The third-order valence-electron chi connectivity index (χ3n) is 3.78. The Morgan fingerprint density at radius 2 is 1.93 bits per heavy atom. The third kappa shape index (κ3) is 3.44. The molecule has 1 N–H and O–H groups in total. The van der Waals surface area contributed by atoms with Crippen molar-refractivity contribution < 1.29 is 4.74 Å². The van der Waals surface area contributed by atoms with Crippen molar-refractivity contribution in [2.24, 2.45) is 0 Å². The van der Waals surface area contributed by atoms with Gasteiger partial charge in [-0.15, -0.1) is 0 Å². The Balaban J connectivity index is 1.53. The lowest BCUT2D eigenvalue weighted by atomic mass is 9.92. The Morgan fingerprint density at radius 1 is 1.20 bits per heavy atom. The molecule has 0 bridgehead atoms. The summed E-state index contributed by atoms with van der Waals surface area (Å²) in [6.07, 6.45) is 7.10. The van der Waals surface area contributed by atoms with E-state index in [0.29, 0.717) is 6.10 Å². The second-order valence-corrected chi connectivity index (χ2v) is 4.89. The minimum Gasteiger partial charge on any atom is -0.377 e. The average Bonchev–Trinajstić information content (AvgIpc) is 2.16. The topological polar surface area (TPSA) is 24.5 Å². The van der Waals surface area contributed by atoms with Crippen LogP contribution in [0, 0.1) is 0 Å². The second-order valence-electron chi connectivity index (χ2n) is 4.89. The lowest BCUT2D eigenvalue weighted by molar-refractivity contribution is 0.0127. The number of hydrogen-bond acceptors (Lipinski definition) is 3. The smallest absolute Gasteiger partial charge is 0.0600 e. The van der Waals surface area contributed by atoms with Crippen LogP contribution >= 0.6 is 0 Å². The summed E-state index contributed by atoms with van der Waals surface area (Å²) >= 11 is 0. The van der Waals surface area contributed by atoms with Gasteiger partial charge >= 0.3 is 0 Å². The summed E-state index contributed by atoms with van der Waals surface area (Å²) in [7, 11) is 2.23. The summed E-state index contributed by atoms with van der Waals surface area (Å²) in [6, 6.07) is 0.849. The van der Waals surface area contributed by atoms with Crippen molar-refractivity contribution in [1.82, 2.24) is 10.2 Å². The Morgan fingerprint density at radius 3 is 2.53 bits per heavy atom. The molecule has 0 spiro atoms. The zero-order chi connectivity index (χ0) is 10.5. The summed E-state index contributed by atoms with van der Waals surface area (Å²) in [5.41, 5.74) is 0. The summed E-state index contributed by atoms with van der Waals surface area (Å²) in [4.78, 5) is 2.46. The highest BCUT2D eigenvalue weighted by Crippen LogP contribution is 2.23. The van der Waals surface area contributed by atoms with E-state index in [4.69, 9.17) is 4.74 Å². The Labute approximate surface area is 93.2 Å². The number of nitrogens with zero attached hydrogens (tertiary/aromatic N) is 1. The van der Waals surface area contributed by atoms with Crippen LogP contribution in [0.3, 0.4) is 0 Å². The molecular formula is C12H24N2O. The molecule has 1 aliphatic heterocycles. The van der Waals surface area contributed by atoms with Gasteiger partial charge in [0, 0.05) is 12.6 Å². The first-order chi connectivity index (χ1) is 7.36. The van der Waals surface area contributed by atoms with Gasteiger partial charge in [0.1, 0.15) is 0 Å². The van der Waals surface area contributed by atoms with Crippen molar-refractivity contribution in [2.75, 3.05) is 33.3 Å². The normalized spacial score (nSPS) is 24.4. The molecule has 0 amide bonds. The molecule has 3 heteroatoms. The maximum absolute atomic E-state index is 5.89. The van der Waals surface area contributed by atoms with Crippen LogP contribution in [-0.2, 0) is 4.74 Å². The van der Waals surface area contributed by atoms with E-state index < -0.39 is 0 Å². The standard InChI is InChI=1S/C12H24N2O/c1-14(11-3-2-4-11)9-10-15-12-5-7-13-8-6-12/h11-13H,2-10H2,1H3. The molecule has 1 saturated heterocycles. The quantitative estimate of drug-likeness (QED) is 0.742. The molecule has 15 heavy (non-hydrogen) atoms. The molecule has 2 aliphatic rings. The fourth-order valence-electron chi connectivity index (χ4n) is 2.34. The van der Waals surface area contributed by atoms with Crippen LogP contribution in [0.5, 0.6) is 0 Å². The summed E-state index contributed by atoms with van der Waals surface area (Å²) in [5.74, 6) is 0. The molecule has 1 aliphatic carbocycles. The number of rotatable bonds is 5. The van der Waals surface area contributed by atoms with E-state index in [2.05, 4.69) is 17.3 Å².